The number of carbonyl (C=O) groups excluding carboxylic acids is 2. The van der Waals surface area contributed by atoms with E-state index >= 15 is 0 Å². The van der Waals surface area contributed by atoms with Gasteiger partial charge in [-0.15, -0.1) is 0 Å². The fourth-order valence-corrected chi connectivity index (χ4v) is 3.02. The highest BCUT2D eigenvalue weighted by Crippen LogP contribution is 2.25. The van der Waals surface area contributed by atoms with E-state index < -0.39 is 29.8 Å². The zero-order chi connectivity index (χ0) is 24.0. The molecule has 0 saturated carbocycles. The number of ether oxygens (including phenoxy) is 1. The van der Waals surface area contributed by atoms with E-state index in [4.69, 9.17) is 5.73 Å². The Morgan fingerprint density at radius 2 is 1.67 bits per heavy atom. The van der Waals surface area contributed by atoms with E-state index in [1.54, 1.807) is 30.3 Å². The van der Waals surface area contributed by atoms with Crippen molar-refractivity contribution >= 4 is 17.7 Å². The Bertz CT molecular complexity index is 1180. The number of carbonyl (C=O) groups is 2. The van der Waals surface area contributed by atoms with Crippen molar-refractivity contribution in [1.29, 1.82) is 0 Å². The second-order valence-corrected chi connectivity index (χ2v) is 6.85. The normalized spacial score (nSPS) is 12.1. The first-order valence-corrected chi connectivity index (χ1v) is 9.70. The topological polar surface area (TPSA) is 116 Å². The maximum atomic E-state index is 13.1. The van der Waals surface area contributed by atoms with E-state index in [2.05, 4.69) is 15.0 Å². The lowest BCUT2D eigenvalue weighted by atomic mass is 10.1. The summed E-state index contributed by atoms with van der Waals surface area (Å²) in [6, 6.07) is 17.3. The standard InChI is InChI=1S/C22H19F3N4O4/c23-22(24,25)21(32)33-20(17(26)30)29-16(15-9-5-2-6-10-15)13-28-18(19(29)31)27-12-11-14-7-3-1-4-8-14/h1-10,13,20H,11-12H2,(H2,26,30)(H,27,28). The Morgan fingerprint density at radius 1 is 1.06 bits per heavy atom. The molecule has 0 radical (unpaired) electrons. The van der Waals surface area contributed by atoms with Gasteiger partial charge in [0.05, 0.1) is 11.9 Å². The highest BCUT2D eigenvalue weighted by atomic mass is 19.4. The molecule has 0 aliphatic carbocycles. The molecule has 2 aromatic carbocycles. The molecule has 1 heterocycles. The number of alkyl halides is 3. The number of nitrogens with one attached hydrogen (secondary N) is 1. The fourth-order valence-electron chi connectivity index (χ4n) is 3.02. The number of amides is 1. The molecule has 0 spiro atoms. The number of esters is 1. The molecule has 0 aliphatic heterocycles. The molecule has 0 bridgehead atoms. The molecule has 1 unspecified atom stereocenters. The Labute approximate surface area is 185 Å². The number of rotatable bonds is 8. The van der Waals surface area contributed by atoms with Crippen molar-refractivity contribution in [3.63, 3.8) is 0 Å². The molecule has 1 amide bonds. The molecule has 1 aromatic heterocycles. The van der Waals surface area contributed by atoms with Gasteiger partial charge < -0.3 is 15.8 Å². The number of hydrogen-bond acceptors (Lipinski definition) is 6. The number of nitrogens with two attached hydrogens (primary N) is 1. The monoisotopic (exact) mass is 460 g/mol. The van der Waals surface area contributed by atoms with Gasteiger partial charge in [-0.25, -0.2) is 9.78 Å². The molecule has 0 saturated heterocycles. The number of primary amides is 1. The van der Waals surface area contributed by atoms with Gasteiger partial charge in [-0.1, -0.05) is 60.7 Å². The van der Waals surface area contributed by atoms with Crippen LogP contribution in [0.25, 0.3) is 11.3 Å². The second kappa shape index (κ2) is 9.98. The number of anilines is 1. The van der Waals surface area contributed by atoms with Gasteiger partial charge >= 0.3 is 12.1 Å². The largest absolute Gasteiger partial charge is 0.491 e. The minimum Gasteiger partial charge on any atom is -0.425 e. The van der Waals surface area contributed by atoms with Gasteiger partial charge in [0.25, 0.3) is 17.7 Å². The molecule has 1 atom stereocenters. The summed E-state index contributed by atoms with van der Waals surface area (Å²) in [5.74, 6) is -4.37. The first-order chi connectivity index (χ1) is 15.7. The van der Waals surface area contributed by atoms with Gasteiger partial charge in [0.15, 0.2) is 5.82 Å². The average molecular weight is 460 g/mol. The predicted octanol–water partition coefficient (Wildman–Crippen LogP) is 2.65. The first-order valence-electron chi connectivity index (χ1n) is 9.70. The molecule has 3 aromatic rings. The van der Waals surface area contributed by atoms with Crippen LogP contribution in [-0.2, 0) is 20.7 Å². The van der Waals surface area contributed by atoms with E-state index in [1.807, 2.05) is 30.3 Å². The third-order valence-corrected chi connectivity index (χ3v) is 4.54. The Kier molecular flexibility index (Phi) is 7.11. The van der Waals surface area contributed by atoms with Gasteiger partial charge in [0.1, 0.15) is 0 Å². The zero-order valence-corrected chi connectivity index (χ0v) is 17.1. The van der Waals surface area contributed by atoms with E-state index in [1.165, 1.54) is 6.20 Å². The molecule has 0 aliphatic rings. The van der Waals surface area contributed by atoms with Crippen LogP contribution in [0.3, 0.4) is 0 Å². The van der Waals surface area contributed by atoms with Crippen molar-refractivity contribution in [1.82, 2.24) is 9.55 Å². The van der Waals surface area contributed by atoms with E-state index in [0.717, 1.165) is 5.56 Å². The molecule has 172 valence electrons. The van der Waals surface area contributed by atoms with Crippen molar-refractivity contribution in [3.8, 4) is 11.3 Å². The number of hydrogen-bond donors (Lipinski definition) is 2. The van der Waals surface area contributed by atoms with Crippen LogP contribution in [0.5, 0.6) is 0 Å². The Morgan fingerprint density at radius 3 is 2.24 bits per heavy atom. The van der Waals surface area contributed by atoms with Crippen LogP contribution in [0.1, 0.15) is 11.8 Å². The van der Waals surface area contributed by atoms with Crippen molar-refractivity contribution in [2.24, 2.45) is 5.73 Å². The smallest absolute Gasteiger partial charge is 0.425 e. The SMILES string of the molecule is NC(=O)C(OC(=O)C(F)(F)F)n1c(-c2ccccc2)cnc(NCCc2ccccc2)c1=O. The molecule has 3 rings (SSSR count). The van der Waals surface area contributed by atoms with Crippen molar-refractivity contribution < 1.29 is 27.5 Å². The summed E-state index contributed by atoms with van der Waals surface area (Å²) in [6.07, 6.45) is -6.04. The van der Waals surface area contributed by atoms with Crippen molar-refractivity contribution in [2.45, 2.75) is 18.8 Å². The van der Waals surface area contributed by atoms with Crippen molar-refractivity contribution in [2.75, 3.05) is 11.9 Å². The van der Waals surface area contributed by atoms with Crippen LogP contribution in [0.2, 0.25) is 0 Å². The number of aromatic nitrogens is 2. The van der Waals surface area contributed by atoms with Gasteiger partial charge in [0.2, 0.25) is 0 Å². The molecule has 3 N–H and O–H groups in total. The Balaban J connectivity index is 2.01. The van der Waals surface area contributed by atoms with E-state index in [0.29, 0.717) is 16.6 Å². The first kappa shape index (κ1) is 23.5. The van der Waals surface area contributed by atoms with Crippen LogP contribution in [0, 0.1) is 0 Å². The minimum atomic E-state index is -5.39. The zero-order valence-electron chi connectivity index (χ0n) is 17.1. The van der Waals surface area contributed by atoms with Gasteiger partial charge in [-0.05, 0) is 17.5 Å². The lowest BCUT2D eigenvalue weighted by Crippen LogP contribution is -2.41. The van der Waals surface area contributed by atoms with Crippen LogP contribution in [-0.4, -0.2) is 34.1 Å². The molecular formula is C22H19F3N4O4. The average Bonchev–Trinajstić information content (AvgIpc) is 2.79. The predicted molar refractivity (Wildman–Crippen MR) is 113 cm³/mol. The third-order valence-electron chi connectivity index (χ3n) is 4.54. The van der Waals surface area contributed by atoms with Crippen LogP contribution < -0.4 is 16.6 Å². The second-order valence-electron chi connectivity index (χ2n) is 6.85. The minimum absolute atomic E-state index is 0.0621. The summed E-state index contributed by atoms with van der Waals surface area (Å²) in [7, 11) is 0. The molecular weight excluding hydrogens is 441 g/mol. The Hall–Kier alpha value is -4.15. The summed E-state index contributed by atoms with van der Waals surface area (Å²) in [5.41, 5.74) is 5.49. The maximum Gasteiger partial charge on any atom is 0.491 e. The molecule has 33 heavy (non-hydrogen) atoms. The van der Waals surface area contributed by atoms with Gasteiger partial charge in [-0.3, -0.25) is 14.2 Å². The number of halogens is 3. The quantitative estimate of drug-likeness (QED) is 0.500. The van der Waals surface area contributed by atoms with E-state index in [9.17, 15) is 27.6 Å². The summed E-state index contributed by atoms with van der Waals surface area (Å²) >= 11 is 0. The summed E-state index contributed by atoms with van der Waals surface area (Å²) in [4.78, 5) is 40.6. The fraction of sp³-hybridized carbons (Fsp3) is 0.182. The molecule has 8 nitrogen and oxygen atoms in total. The summed E-state index contributed by atoms with van der Waals surface area (Å²) < 4.78 is 43.2. The highest BCUT2D eigenvalue weighted by Gasteiger charge is 2.44. The summed E-state index contributed by atoms with van der Waals surface area (Å²) in [5, 5.41) is 2.80. The van der Waals surface area contributed by atoms with Gasteiger partial charge in [0, 0.05) is 6.54 Å². The van der Waals surface area contributed by atoms with E-state index in [-0.39, 0.29) is 18.1 Å². The molecule has 11 heteroatoms. The third kappa shape index (κ3) is 5.76. The highest BCUT2D eigenvalue weighted by molar-refractivity contribution is 5.83. The molecule has 0 fully saturated rings. The van der Waals surface area contributed by atoms with Crippen LogP contribution >= 0.6 is 0 Å². The number of benzene rings is 2. The van der Waals surface area contributed by atoms with Gasteiger partial charge in [-0.2, -0.15) is 13.2 Å². The lowest BCUT2D eigenvalue weighted by molar-refractivity contribution is -0.209. The van der Waals surface area contributed by atoms with Crippen LogP contribution in [0.4, 0.5) is 19.0 Å². The lowest BCUT2D eigenvalue weighted by Gasteiger charge is -2.22. The van der Waals surface area contributed by atoms with Crippen molar-refractivity contribution in [3.05, 3.63) is 82.8 Å². The maximum absolute atomic E-state index is 13.1. The van der Waals surface area contributed by atoms with Crippen LogP contribution in [0.15, 0.2) is 71.7 Å². The summed E-state index contributed by atoms with van der Waals surface area (Å²) in [6.45, 7) is 0.264. The number of nitrogens with zero attached hydrogens (tertiary/aromatic N) is 2.